The molecule has 0 radical (unpaired) electrons. The number of amides is 1. The van der Waals surface area contributed by atoms with Crippen molar-refractivity contribution in [1.29, 1.82) is 5.26 Å². The molecule has 5 saturated carbocycles. The summed E-state index contributed by atoms with van der Waals surface area (Å²) in [4.78, 5) is 25.9. The molecule has 1 aromatic rings. The first-order valence-electron chi connectivity index (χ1n) is 12.0. The Bertz CT molecular complexity index is 984. The third kappa shape index (κ3) is 3.44. The number of aliphatic hydroxyl groups is 1. The second-order valence-electron chi connectivity index (χ2n) is 10.9. The molecule has 0 aromatic carbocycles. The van der Waals surface area contributed by atoms with Crippen LogP contribution >= 0.6 is 0 Å². The third-order valence-electron chi connectivity index (χ3n) is 8.61. The minimum atomic E-state index is -0.746. The highest BCUT2D eigenvalue weighted by atomic mass is 16.5. The zero-order valence-corrected chi connectivity index (χ0v) is 19.1. The van der Waals surface area contributed by atoms with Gasteiger partial charge in [-0.1, -0.05) is 12.8 Å². The molecular formula is C25H33N3O4. The van der Waals surface area contributed by atoms with E-state index in [-0.39, 0.29) is 18.6 Å². The highest BCUT2D eigenvalue weighted by Crippen LogP contribution is 2.62. The topological polar surface area (TPSA) is 104 Å². The van der Waals surface area contributed by atoms with E-state index in [0.29, 0.717) is 29.6 Å². The third-order valence-corrected chi connectivity index (χ3v) is 8.61. The van der Waals surface area contributed by atoms with E-state index in [2.05, 4.69) is 16.0 Å². The van der Waals surface area contributed by atoms with Crippen LogP contribution in [-0.4, -0.2) is 33.8 Å². The number of carbonyl (C=O) groups is 2. The fraction of sp³-hybridized carbons (Fsp3) is 0.720. The van der Waals surface area contributed by atoms with Gasteiger partial charge in [-0.25, -0.2) is 0 Å². The predicted molar refractivity (Wildman–Crippen MR) is 118 cm³/mol. The maximum atomic E-state index is 13.1. The Morgan fingerprint density at radius 3 is 2.44 bits per heavy atom. The monoisotopic (exact) mass is 439 g/mol. The fourth-order valence-corrected chi connectivity index (χ4v) is 7.61. The van der Waals surface area contributed by atoms with Gasteiger partial charge in [0.25, 0.3) is 5.91 Å². The molecule has 7 heteroatoms. The molecule has 172 valence electrons. The summed E-state index contributed by atoms with van der Waals surface area (Å²) in [5.41, 5.74) is 0.978. The molecule has 4 bridgehead atoms. The van der Waals surface area contributed by atoms with Gasteiger partial charge in [0.2, 0.25) is 0 Å². The summed E-state index contributed by atoms with van der Waals surface area (Å²) in [6.45, 7) is 3.53. The molecule has 5 aliphatic rings. The van der Waals surface area contributed by atoms with E-state index < -0.39 is 16.9 Å². The normalized spacial score (nSPS) is 33.3. The molecule has 2 N–H and O–H groups in total. The van der Waals surface area contributed by atoms with Gasteiger partial charge in [-0.3, -0.25) is 9.59 Å². The molecule has 1 aromatic heterocycles. The van der Waals surface area contributed by atoms with E-state index in [0.717, 1.165) is 69.0 Å². The van der Waals surface area contributed by atoms with Gasteiger partial charge in [-0.2, -0.15) is 5.26 Å². The number of anilines is 1. The average Bonchev–Trinajstić information content (AvgIpc) is 3.31. The van der Waals surface area contributed by atoms with E-state index in [4.69, 9.17) is 4.74 Å². The molecular weight excluding hydrogens is 406 g/mol. The Morgan fingerprint density at radius 1 is 1.19 bits per heavy atom. The number of ether oxygens (including phenoxy) is 1. The van der Waals surface area contributed by atoms with Crippen molar-refractivity contribution in [3.63, 3.8) is 0 Å². The van der Waals surface area contributed by atoms with Crippen molar-refractivity contribution < 1.29 is 19.4 Å². The van der Waals surface area contributed by atoms with E-state index in [9.17, 15) is 20.0 Å². The number of carbonyl (C=O) groups excluding carboxylic acids is 2. The van der Waals surface area contributed by atoms with Crippen LogP contribution in [0, 0.1) is 42.4 Å². The Kier molecular flexibility index (Phi) is 5.12. The van der Waals surface area contributed by atoms with E-state index in [1.54, 1.807) is 0 Å². The molecule has 5 fully saturated rings. The number of nitriles is 1. The number of rotatable bonds is 5. The van der Waals surface area contributed by atoms with Crippen molar-refractivity contribution in [3.8, 4) is 6.07 Å². The van der Waals surface area contributed by atoms with Crippen LogP contribution in [0.4, 0.5) is 5.82 Å². The summed E-state index contributed by atoms with van der Waals surface area (Å²) >= 11 is 0. The minimum absolute atomic E-state index is 0.279. The number of hydrogen-bond donors (Lipinski definition) is 2. The van der Waals surface area contributed by atoms with Gasteiger partial charge in [-0.15, -0.1) is 0 Å². The number of nitrogens with one attached hydrogen (secondary N) is 1. The number of nitrogens with zero attached hydrogens (tertiary/aromatic N) is 2. The van der Waals surface area contributed by atoms with Gasteiger partial charge in [0.05, 0.1) is 16.6 Å². The van der Waals surface area contributed by atoms with Crippen molar-refractivity contribution in [2.45, 2.75) is 89.7 Å². The summed E-state index contributed by atoms with van der Waals surface area (Å²) in [7, 11) is 0. The number of hydrogen-bond acceptors (Lipinski definition) is 5. The van der Waals surface area contributed by atoms with Crippen molar-refractivity contribution in [2.75, 3.05) is 11.9 Å². The fourth-order valence-electron chi connectivity index (χ4n) is 7.61. The summed E-state index contributed by atoms with van der Waals surface area (Å²) in [5, 5.41) is 23.5. The van der Waals surface area contributed by atoms with Crippen molar-refractivity contribution in [3.05, 3.63) is 16.8 Å². The van der Waals surface area contributed by atoms with Crippen molar-refractivity contribution >= 4 is 17.7 Å². The zero-order valence-electron chi connectivity index (χ0n) is 19.1. The lowest BCUT2D eigenvalue weighted by Gasteiger charge is -2.58. The van der Waals surface area contributed by atoms with Gasteiger partial charge in [0.15, 0.2) is 6.61 Å². The molecule has 0 aliphatic heterocycles. The van der Waals surface area contributed by atoms with Crippen molar-refractivity contribution in [2.24, 2.45) is 17.3 Å². The Balaban J connectivity index is 1.29. The van der Waals surface area contributed by atoms with E-state index >= 15 is 0 Å². The van der Waals surface area contributed by atoms with Crippen LogP contribution in [0.3, 0.4) is 0 Å². The van der Waals surface area contributed by atoms with Gasteiger partial charge in [0.1, 0.15) is 11.9 Å². The maximum Gasteiger partial charge on any atom is 0.312 e. The summed E-state index contributed by atoms with van der Waals surface area (Å²) < 4.78 is 7.62. The first kappa shape index (κ1) is 21.5. The first-order valence-corrected chi connectivity index (χ1v) is 12.0. The lowest BCUT2D eigenvalue weighted by molar-refractivity contribution is -0.196. The molecule has 6 rings (SSSR count). The van der Waals surface area contributed by atoms with Gasteiger partial charge in [0, 0.05) is 11.7 Å². The van der Waals surface area contributed by atoms with Gasteiger partial charge in [-0.05, 0) is 82.6 Å². The maximum absolute atomic E-state index is 13.1. The second kappa shape index (κ2) is 7.62. The zero-order chi connectivity index (χ0) is 22.7. The largest absolute Gasteiger partial charge is 0.455 e. The Labute approximate surface area is 189 Å². The summed E-state index contributed by atoms with van der Waals surface area (Å²) in [6.07, 6.45) is 8.98. The van der Waals surface area contributed by atoms with Crippen LogP contribution in [0.5, 0.6) is 0 Å². The summed E-state index contributed by atoms with van der Waals surface area (Å²) in [5.74, 6) is 0.511. The van der Waals surface area contributed by atoms with E-state index in [1.165, 1.54) is 0 Å². The highest BCUT2D eigenvalue weighted by molar-refractivity contribution is 5.94. The van der Waals surface area contributed by atoms with Crippen LogP contribution in [-0.2, 0) is 14.3 Å². The van der Waals surface area contributed by atoms with Gasteiger partial charge < -0.3 is 19.7 Å². The highest BCUT2D eigenvalue weighted by Gasteiger charge is 2.60. The SMILES string of the molecule is Cc1c(C#N)c(NC(=O)COC(=O)C23CC4CC(CC(O)(C4)C2)C3)n(C2CCCC2)c1C. The van der Waals surface area contributed by atoms with Crippen LogP contribution in [0.1, 0.15) is 87.1 Å². The molecule has 2 unspecified atom stereocenters. The summed E-state index contributed by atoms with van der Waals surface area (Å²) in [6, 6.07) is 2.52. The smallest absolute Gasteiger partial charge is 0.312 e. The van der Waals surface area contributed by atoms with Gasteiger partial charge >= 0.3 is 5.97 Å². The molecule has 7 nitrogen and oxygen atoms in total. The lowest BCUT2D eigenvalue weighted by Crippen LogP contribution is -2.58. The quantitative estimate of drug-likeness (QED) is 0.677. The second-order valence-corrected chi connectivity index (χ2v) is 10.9. The first-order chi connectivity index (χ1) is 15.2. The molecule has 32 heavy (non-hydrogen) atoms. The standard InChI is InChI=1S/C25H33N3O4/c1-15-16(2)28(19-5-3-4-6-19)22(20(15)12-26)27-21(29)13-32-23(30)24-8-17-7-18(9-24)11-25(31,10-17)14-24/h17-19,31H,3-11,13-14H2,1-2H3,(H,27,29). The Morgan fingerprint density at radius 2 is 1.84 bits per heavy atom. The lowest BCUT2D eigenvalue weighted by atomic mass is 9.48. The molecule has 1 heterocycles. The molecule has 0 saturated heterocycles. The number of aromatic nitrogens is 1. The van der Waals surface area contributed by atoms with Crippen LogP contribution in [0.15, 0.2) is 0 Å². The molecule has 5 aliphatic carbocycles. The molecule has 1 amide bonds. The van der Waals surface area contributed by atoms with Crippen LogP contribution < -0.4 is 5.32 Å². The Hall–Kier alpha value is -2.33. The molecule has 2 atom stereocenters. The minimum Gasteiger partial charge on any atom is -0.455 e. The van der Waals surface area contributed by atoms with Crippen LogP contribution in [0.25, 0.3) is 0 Å². The van der Waals surface area contributed by atoms with E-state index in [1.807, 2.05) is 13.8 Å². The predicted octanol–water partition coefficient (Wildman–Crippen LogP) is 3.90. The molecule has 0 spiro atoms. The number of esters is 1. The van der Waals surface area contributed by atoms with Crippen LogP contribution in [0.2, 0.25) is 0 Å². The average molecular weight is 440 g/mol. The van der Waals surface area contributed by atoms with Crippen molar-refractivity contribution in [1.82, 2.24) is 4.57 Å².